The van der Waals surface area contributed by atoms with Gasteiger partial charge in [-0.2, -0.15) is 4.99 Å². The monoisotopic (exact) mass is 444 g/mol. The van der Waals surface area contributed by atoms with Crippen molar-refractivity contribution in [2.24, 2.45) is 4.99 Å². The quantitative estimate of drug-likeness (QED) is 0.334. The lowest BCUT2D eigenvalue weighted by molar-refractivity contribution is -0.394. The molecule has 0 radical (unpaired) electrons. The van der Waals surface area contributed by atoms with Crippen molar-refractivity contribution < 1.29 is 24.2 Å². The number of fused-ring (bicyclic) bond motifs is 1. The molecule has 0 aliphatic carbocycles. The third-order valence-corrected chi connectivity index (χ3v) is 5.62. The van der Waals surface area contributed by atoms with E-state index < -0.39 is 33.1 Å². The summed E-state index contributed by atoms with van der Waals surface area (Å²) in [5, 5.41) is 22.2. The van der Waals surface area contributed by atoms with Gasteiger partial charge in [0, 0.05) is 12.1 Å². The van der Waals surface area contributed by atoms with Crippen LogP contribution in [0.25, 0.3) is 10.2 Å². The molecule has 0 aliphatic heterocycles. The van der Waals surface area contributed by atoms with E-state index in [1.165, 1.54) is 11.7 Å². The van der Waals surface area contributed by atoms with Crippen LogP contribution in [-0.2, 0) is 16.1 Å². The highest BCUT2D eigenvalue weighted by Gasteiger charge is 2.20. The molecule has 0 spiro atoms. The van der Waals surface area contributed by atoms with Gasteiger partial charge in [-0.25, -0.2) is 0 Å². The van der Waals surface area contributed by atoms with E-state index in [1.54, 1.807) is 0 Å². The highest BCUT2D eigenvalue weighted by molar-refractivity contribution is 7.16. The van der Waals surface area contributed by atoms with Crippen molar-refractivity contribution in [3.8, 4) is 0 Å². The number of carbonyl (C=O) groups excluding carboxylic acids is 2. The van der Waals surface area contributed by atoms with Crippen LogP contribution >= 0.6 is 11.3 Å². The summed E-state index contributed by atoms with van der Waals surface area (Å²) in [5.41, 5.74) is 1.13. The van der Waals surface area contributed by atoms with E-state index in [0.717, 1.165) is 45.4 Å². The maximum Gasteiger partial charge on any atom is 0.325 e. The smallest absolute Gasteiger partial charge is 0.325 e. The zero-order valence-corrected chi connectivity index (χ0v) is 17.5. The van der Waals surface area contributed by atoms with Crippen LogP contribution in [-0.4, -0.2) is 33.4 Å². The first kappa shape index (κ1) is 21.8. The number of benzene rings is 2. The molecular formula is C19H16N4O7S. The third-order valence-electron chi connectivity index (χ3n) is 4.58. The van der Waals surface area contributed by atoms with Gasteiger partial charge in [0.2, 0.25) is 0 Å². The molecule has 0 fully saturated rings. The lowest BCUT2D eigenvalue weighted by Crippen LogP contribution is -2.22. The molecule has 0 bridgehead atoms. The normalized spacial score (nSPS) is 11.5. The van der Waals surface area contributed by atoms with Gasteiger partial charge in [-0.1, -0.05) is 11.3 Å². The predicted octanol–water partition coefficient (Wildman–Crippen LogP) is 3.05. The number of aryl methyl sites for hydroxylation is 2. The second-order valence-electron chi connectivity index (χ2n) is 6.62. The topological polar surface area (TPSA) is 147 Å². The Kier molecular flexibility index (Phi) is 5.92. The van der Waals surface area contributed by atoms with E-state index >= 15 is 0 Å². The second-order valence-corrected chi connectivity index (χ2v) is 7.63. The first-order chi connectivity index (χ1) is 14.6. The van der Waals surface area contributed by atoms with Gasteiger partial charge in [-0.3, -0.25) is 29.8 Å². The molecule has 1 heterocycles. The molecule has 12 heteroatoms. The summed E-state index contributed by atoms with van der Waals surface area (Å²) < 4.78 is 6.99. The summed E-state index contributed by atoms with van der Waals surface area (Å²) in [4.78, 5) is 49.3. The van der Waals surface area contributed by atoms with Crippen molar-refractivity contribution >= 4 is 44.8 Å². The number of amides is 1. The van der Waals surface area contributed by atoms with E-state index in [2.05, 4.69) is 4.99 Å². The average molecular weight is 444 g/mol. The summed E-state index contributed by atoms with van der Waals surface area (Å²) in [6.07, 6.45) is 0. The Morgan fingerprint density at radius 3 is 2.16 bits per heavy atom. The van der Waals surface area contributed by atoms with E-state index in [4.69, 9.17) is 4.74 Å². The fraction of sp³-hybridized carbons (Fsp3) is 0.211. The maximum absolute atomic E-state index is 12.7. The number of ether oxygens (including phenoxy) is 1. The van der Waals surface area contributed by atoms with E-state index in [9.17, 15) is 29.8 Å². The average Bonchev–Trinajstić information content (AvgIpc) is 3.03. The summed E-state index contributed by atoms with van der Waals surface area (Å²) in [7, 11) is 1.23. The van der Waals surface area contributed by atoms with E-state index in [1.807, 2.05) is 26.0 Å². The Balaban J connectivity index is 2.21. The number of thiazole rings is 1. The molecule has 31 heavy (non-hydrogen) atoms. The standard InChI is InChI=1S/C19H16N4O7S/c1-10-4-15-16(5-11(10)2)31-19(21(15)9-17(24)30-3)20-18(25)12-6-13(22(26)27)8-14(7-12)23(28)29/h4-8H,9H2,1-3H3. The van der Waals surface area contributed by atoms with Gasteiger partial charge < -0.3 is 9.30 Å². The van der Waals surface area contributed by atoms with Crippen molar-refractivity contribution in [2.75, 3.05) is 7.11 Å². The van der Waals surface area contributed by atoms with Crippen LogP contribution in [0.5, 0.6) is 0 Å². The molecule has 11 nitrogen and oxygen atoms in total. The number of nitro benzene ring substituents is 2. The Hall–Kier alpha value is -3.93. The van der Waals surface area contributed by atoms with Crippen molar-refractivity contribution in [3.63, 3.8) is 0 Å². The van der Waals surface area contributed by atoms with Crippen LogP contribution in [0.4, 0.5) is 11.4 Å². The zero-order valence-electron chi connectivity index (χ0n) is 16.6. The molecule has 0 saturated heterocycles. The third kappa shape index (κ3) is 4.48. The highest BCUT2D eigenvalue weighted by Crippen LogP contribution is 2.24. The molecule has 0 atom stereocenters. The number of hydrogen-bond acceptors (Lipinski definition) is 8. The van der Waals surface area contributed by atoms with Gasteiger partial charge >= 0.3 is 5.97 Å². The first-order valence-electron chi connectivity index (χ1n) is 8.81. The zero-order chi connectivity index (χ0) is 22.9. The number of methoxy groups -OCH3 is 1. The van der Waals surface area contributed by atoms with E-state index in [0.29, 0.717) is 5.52 Å². The predicted molar refractivity (Wildman–Crippen MR) is 111 cm³/mol. The van der Waals surface area contributed by atoms with Crippen molar-refractivity contribution in [2.45, 2.75) is 20.4 Å². The molecular weight excluding hydrogens is 428 g/mol. The summed E-state index contributed by atoms with van der Waals surface area (Å²) in [6.45, 7) is 3.61. The Morgan fingerprint density at radius 1 is 1.03 bits per heavy atom. The second kappa shape index (κ2) is 8.44. The SMILES string of the molecule is COC(=O)Cn1c(=NC(=O)c2cc([N+](=O)[O-])cc([N+](=O)[O-])c2)sc2cc(C)c(C)cc21. The number of aromatic nitrogens is 1. The van der Waals surface area contributed by atoms with Gasteiger partial charge in [-0.15, -0.1) is 0 Å². The summed E-state index contributed by atoms with van der Waals surface area (Å²) in [5.74, 6) is -1.47. The molecule has 160 valence electrons. The Labute approximate surface area is 178 Å². The van der Waals surface area contributed by atoms with Crippen molar-refractivity contribution in [3.05, 3.63) is 72.1 Å². The highest BCUT2D eigenvalue weighted by atomic mass is 32.1. The van der Waals surface area contributed by atoms with E-state index in [-0.39, 0.29) is 16.9 Å². The van der Waals surface area contributed by atoms with Gasteiger partial charge in [0.25, 0.3) is 17.3 Å². The molecule has 0 N–H and O–H groups in total. The number of non-ortho nitro benzene ring substituents is 2. The fourth-order valence-electron chi connectivity index (χ4n) is 2.83. The van der Waals surface area contributed by atoms with Gasteiger partial charge in [0.1, 0.15) is 6.54 Å². The molecule has 1 aromatic heterocycles. The number of carbonyl (C=O) groups is 2. The minimum absolute atomic E-state index is 0.157. The fourth-order valence-corrected chi connectivity index (χ4v) is 3.94. The number of esters is 1. The minimum atomic E-state index is -0.912. The lowest BCUT2D eigenvalue weighted by atomic mass is 10.1. The van der Waals surface area contributed by atoms with Gasteiger partial charge in [0.15, 0.2) is 4.80 Å². The molecule has 0 unspecified atom stereocenters. The summed E-state index contributed by atoms with van der Waals surface area (Å²) in [6, 6.07) is 6.35. The molecule has 2 aromatic carbocycles. The van der Waals surface area contributed by atoms with Crippen LogP contribution in [0, 0.1) is 34.1 Å². The van der Waals surface area contributed by atoms with Crippen LogP contribution in [0.15, 0.2) is 35.3 Å². The Bertz CT molecular complexity index is 1290. The number of nitro groups is 2. The molecule has 1 amide bonds. The van der Waals surface area contributed by atoms with Crippen molar-refractivity contribution in [1.82, 2.24) is 4.57 Å². The van der Waals surface area contributed by atoms with Gasteiger partial charge in [0.05, 0.1) is 38.8 Å². The van der Waals surface area contributed by atoms with Gasteiger partial charge in [-0.05, 0) is 37.1 Å². The van der Waals surface area contributed by atoms with Crippen LogP contribution in [0.1, 0.15) is 21.5 Å². The van der Waals surface area contributed by atoms with Crippen LogP contribution < -0.4 is 4.80 Å². The molecule has 0 saturated carbocycles. The molecule has 0 aliphatic rings. The maximum atomic E-state index is 12.7. The first-order valence-corrected chi connectivity index (χ1v) is 9.62. The summed E-state index contributed by atoms with van der Waals surface area (Å²) >= 11 is 1.14. The number of rotatable bonds is 5. The molecule has 3 aromatic rings. The Morgan fingerprint density at radius 2 is 1.61 bits per heavy atom. The lowest BCUT2D eigenvalue weighted by Gasteiger charge is -2.05. The van der Waals surface area contributed by atoms with Crippen molar-refractivity contribution in [1.29, 1.82) is 0 Å². The minimum Gasteiger partial charge on any atom is -0.468 e. The molecule has 3 rings (SSSR count). The number of nitrogens with zero attached hydrogens (tertiary/aromatic N) is 4. The van der Waals surface area contributed by atoms with Crippen LogP contribution in [0.3, 0.4) is 0 Å². The largest absolute Gasteiger partial charge is 0.468 e. The van der Waals surface area contributed by atoms with Crippen LogP contribution in [0.2, 0.25) is 0 Å². The number of hydrogen-bond donors (Lipinski definition) is 0.